The van der Waals surface area contributed by atoms with E-state index in [1.165, 1.54) is 20.1 Å². The highest BCUT2D eigenvalue weighted by Gasteiger charge is 2.10. The Morgan fingerprint density at radius 3 is 2.62 bits per heavy atom. The Morgan fingerprint density at radius 1 is 1.44 bits per heavy atom. The minimum atomic E-state index is -0.674. The van der Waals surface area contributed by atoms with E-state index in [4.69, 9.17) is 0 Å². The number of aromatic amines is 1. The molecule has 86 valence electrons. The minimum Gasteiger partial charge on any atom is -0.465 e. The fraction of sp³-hybridized carbons (Fsp3) is 0.300. The summed E-state index contributed by atoms with van der Waals surface area (Å²) >= 11 is 1.09. The monoisotopic (exact) mass is 241 g/mol. The first-order valence-electron chi connectivity index (χ1n) is 4.48. The van der Waals surface area contributed by atoms with Crippen LogP contribution in [0.25, 0.3) is 0 Å². The number of hydrogen-bond acceptors (Lipinski definition) is 5. The Morgan fingerprint density at radius 2 is 2.12 bits per heavy atom. The molecule has 0 saturated carbocycles. The number of ether oxygens (including phenoxy) is 1. The number of nitrogens with one attached hydrogen (secondary N) is 1. The average Bonchev–Trinajstić information content (AvgIpc) is 2.25. The van der Waals surface area contributed by atoms with Crippen LogP contribution in [0.1, 0.15) is 23.0 Å². The van der Waals surface area contributed by atoms with Gasteiger partial charge in [-0.25, -0.2) is 4.79 Å². The van der Waals surface area contributed by atoms with E-state index in [0.717, 1.165) is 11.8 Å². The zero-order valence-electron chi connectivity index (χ0n) is 8.90. The van der Waals surface area contributed by atoms with Gasteiger partial charge in [0.05, 0.1) is 7.11 Å². The largest absolute Gasteiger partial charge is 0.465 e. The van der Waals surface area contributed by atoms with Gasteiger partial charge in [-0.1, -0.05) is 11.8 Å². The van der Waals surface area contributed by atoms with Crippen molar-refractivity contribution in [3.05, 3.63) is 33.7 Å². The van der Waals surface area contributed by atoms with Crippen molar-refractivity contribution in [1.82, 2.24) is 4.98 Å². The third-order valence-corrected chi connectivity index (χ3v) is 2.67. The molecule has 0 bridgehead atoms. The lowest BCUT2D eigenvalue weighted by Gasteiger charge is -2.01. The molecular formula is C10H11NO4S. The lowest BCUT2D eigenvalue weighted by Crippen LogP contribution is -2.19. The number of H-pyrrole nitrogens is 1. The molecule has 1 aromatic rings. The zero-order chi connectivity index (χ0) is 12.1. The standard InChI is InChI=1S/C10H11NO4S/c1-6(12)16-5-7-3-4-8(9(13)11-7)10(14)15-2/h3-4H,5H2,1-2H3,(H,11,13). The molecule has 6 heteroatoms. The Balaban J connectivity index is 2.87. The molecule has 0 unspecified atom stereocenters. The molecule has 0 aliphatic carbocycles. The molecule has 1 aromatic heterocycles. The van der Waals surface area contributed by atoms with Crippen LogP contribution in [-0.2, 0) is 15.3 Å². The van der Waals surface area contributed by atoms with Crippen molar-refractivity contribution in [3.63, 3.8) is 0 Å². The number of pyridine rings is 1. The maximum Gasteiger partial charge on any atom is 0.343 e. The zero-order valence-corrected chi connectivity index (χ0v) is 9.72. The van der Waals surface area contributed by atoms with E-state index in [1.54, 1.807) is 6.07 Å². The highest BCUT2D eigenvalue weighted by molar-refractivity contribution is 8.12. The highest BCUT2D eigenvalue weighted by atomic mass is 32.2. The first-order chi connectivity index (χ1) is 7.54. The van der Waals surface area contributed by atoms with Gasteiger partial charge in [0.2, 0.25) is 0 Å². The van der Waals surface area contributed by atoms with Crippen LogP contribution in [0.4, 0.5) is 0 Å². The van der Waals surface area contributed by atoms with Crippen LogP contribution < -0.4 is 5.56 Å². The smallest absolute Gasteiger partial charge is 0.343 e. The van der Waals surface area contributed by atoms with Gasteiger partial charge in [0.15, 0.2) is 5.12 Å². The number of carbonyl (C=O) groups is 2. The van der Waals surface area contributed by atoms with Crippen LogP contribution in [0.5, 0.6) is 0 Å². The van der Waals surface area contributed by atoms with Crippen molar-refractivity contribution in [2.75, 3.05) is 7.11 Å². The van der Waals surface area contributed by atoms with Crippen LogP contribution in [0.3, 0.4) is 0 Å². The summed E-state index contributed by atoms with van der Waals surface area (Å²) in [4.78, 5) is 35.8. The predicted molar refractivity (Wildman–Crippen MR) is 60.4 cm³/mol. The first kappa shape index (κ1) is 12.5. The maximum absolute atomic E-state index is 11.4. The second-order valence-electron chi connectivity index (χ2n) is 3.00. The normalized spacial score (nSPS) is 9.88. The van der Waals surface area contributed by atoms with Crippen LogP contribution >= 0.6 is 11.8 Å². The lowest BCUT2D eigenvalue weighted by molar-refractivity contribution is -0.109. The maximum atomic E-state index is 11.4. The highest BCUT2D eigenvalue weighted by Crippen LogP contribution is 2.09. The summed E-state index contributed by atoms with van der Waals surface area (Å²) < 4.78 is 4.44. The van der Waals surface area contributed by atoms with Gasteiger partial charge in [-0.3, -0.25) is 9.59 Å². The topological polar surface area (TPSA) is 76.2 Å². The molecule has 0 fully saturated rings. The van der Waals surface area contributed by atoms with Crippen molar-refractivity contribution in [3.8, 4) is 0 Å². The summed E-state index contributed by atoms with van der Waals surface area (Å²) in [5.74, 6) is -0.293. The van der Waals surface area contributed by atoms with Gasteiger partial charge in [0.25, 0.3) is 5.56 Å². The number of thioether (sulfide) groups is 1. The van der Waals surface area contributed by atoms with Gasteiger partial charge in [-0.2, -0.15) is 0 Å². The molecule has 0 radical (unpaired) electrons. The van der Waals surface area contributed by atoms with Crippen LogP contribution in [-0.4, -0.2) is 23.2 Å². The van der Waals surface area contributed by atoms with E-state index in [-0.39, 0.29) is 10.7 Å². The lowest BCUT2D eigenvalue weighted by atomic mass is 10.2. The van der Waals surface area contributed by atoms with Gasteiger partial charge >= 0.3 is 5.97 Å². The number of rotatable bonds is 3. The Kier molecular flexibility index (Phi) is 4.30. The molecule has 0 aliphatic heterocycles. The Hall–Kier alpha value is -1.56. The van der Waals surface area contributed by atoms with E-state index in [1.807, 2.05) is 0 Å². The summed E-state index contributed by atoms with van der Waals surface area (Å²) in [6.07, 6.45) is 0. The SMILES string of the molecule is COC(=O)c1ccc(CSC(C)=O)[nH]c1=O. The fourth-order valence-corrected chi connectivity index (χ4v) is 1.58. The predicted octanol–water partition coefficient (Wildman–Crippen LogP) is 0.941. The minimum absolute atomic E-state index is 0.0297. The number of hydrogen-bond donors (Lipinski definition) is 1. The van der Waals surface area contributed by atoms with Crippen molar-refractivity contribution in [2.45, 2.75) is 12.7 Å². The number of carbonyl (C=O) groups excluding carboxylic acids is 2. The number of esters is 1. The second-order valence-corrected chi connectivity index (χ2v) is 4.15. The quantitative estimate of drug-likeness (QED) is 0.797. The first-order valence-corrected chi connectivity index (χ1v) is 5.47. The Labute approximate surface area is 96.2 Å². The van der Waals surface area contributed by atoms with Crippen molar-refractivity contribution < 1.29 is 14.3 Å². The van der Waals surface area contributed by atoms with Gasteiger partial charge in [0, 0.05) is 18.4 Å². The molecule has 1 rings (SSSR count). The summed E-state index contributed by atoms with van der Waals surface area (Å²) in [5.41, 5.74) is 0.0467. The molecular weight excluding hydrogens is 230 g/mol. The summed E-state index contributed by atoms with van der Waals surface area (Å²) in [7, 11) is 1.21. The molecule has 16 heavy (non-hydrogen) atoms. The summed E-state index contributed by atoms with van der Waals surface area (Å²) in [6, 6.07) is 2.98. The van der Waals surface area contributed by atoms with Crippen molar-refractivity contribution in [1.29, 1.82) is 0 Å². The van der Waals surface area contributed by atoms with Gasteiger partial charge in [0.1, 0.15) is 5.56 Å². The fourth-order valence-electron chi connectivity index (χ4n) is 1.05. The molecule has 0 aromatic carbocycles. The molecule has 1 heterocycles. The molecule has 0 atom stereocenters. The van der Waals surface area contributed by atoms with Crippen LogP contribution in [0, 0.1) is 0 Å². The van der Waals surface area contributed by atoms with E-state index in [2.05, 4.69) is 9.72 Å². The molecule has 5 nitrogen and oxygen atoms in total. The number of aromatic nitrogens is 1. The van der Waals surface area contributed by atoms with E-state index in [9.17, 15) is 14.4 Å². The molecule has 0 aliphatic rings. The number of methoxy groups -OCH3 is 1. The van der Waals surface area contributed by atoms with Crippen molar-refractivity contribution >= 4 is 22.8 Å². The average molecular weight is 241 g/mol. The Bertz CT molecular complexity index is 466. The van der Waals surface area contributed by atoms with Gasteiger partial charge in [-0.05, 0) is 12.1 Å². The molecule has 0 saturated heterocycles. The van der Waals surface area contributed by atoms with E-state index >= 15 is 0 Å². The third-order valence-electron chi connectivity index (χ3n) is 1.81. The molecule has 1 N–H and O–H groups in total. The van der Waals surface area contributed by atoms with E-state index in [0.29, 0.717) is 11.4 Å². The van der Waals surface area contributed by atoms with Gasteiger partial charge < -0.3 is 9.72 Å². The summed E-state index contributed by atoms with van der Waals surface area (Å²) in [5, 5.41) is -0.0297. The van der Waals surface area contributed by atoms with E-state index < -0.39 is 11.5 Å². The summed E-state index contributed by atoms with van der Waals surface area (Å²) in [6.45, 7) is 1.45. The van der Waals surface area contributed by atoms with Crippen LogP contribution in [0.2, 0.25) is 0 Å². The molecule has 0 spiro atoms. The van der Waals surface area contributed by atoms with Crippen molar-refractivity contribution in [2.24, 2.45) is 0 Å². The third kappa shape index (κ3) is 3.23. The second kappa shape index (κ2) is 5.50. The van der Waals surface area contributed by atoms with Gasteiger partial charge in [-0.15, -0.1) is 0 Å². The molecule has 0 amide bonds. The van der Waals surface area contributed by atoms with Crippen LogP contribution in [0.15, 0.2) is 16.9 Å².